The molecule has 1 rings (SSSR count). The van der Waals surface area contributed by atoms with Gasteiger partial charge in [-0.25, -0.2) is 0 Å². The summed E-state index contributed by atoms with van der Waals surface area (Å²) in [6, 6.07) is 0. The second-order valence-corrected chi connectivity index (χ2v) is 4.74. The highest BCUT2D eigenvalue weighted by molar-refractivity contribution is 5.04. The highest BCUT2D eigenvalue weighted by atomic mass is 16.4. The zero-order chi connectivity index (χ0) is 10.1. The van der Waals surface area contributed by atoms with Gasteiger partial charge in [-0.15, -0.1) is 0 Å². The van der Waals surface area contributed by atoms with Crippen molar-refractivity contribution in [2.24, 2.45) is 5.92 Å². The van der Waals surface area contributed by atoms with E-state index in [2.05, 4.69) is 6.92 Å². The van der Waals surface area contributed by atoms with Crippen LogP contribution in [-0.4, -0.2) is 21.4 Å². The van der Waals surface area contributed by atoms with Crippen LogP contribution in [0.1, 0.15) is 52.9 Å². The largest absolute Gasteiger partial charge is 0.387 e. The topological polar surface area (TPSA) is 40.5 Å². The first-order chi connectivity index (χ1) is 5.94. The van der Waals surface area contributed by atoms with Crippen LogP contribution >= 0.6 is 0 Å². The molecular weight excluding hydrogens is 164 g/mol. The molecule has 13 heavy (non-hydrogen) atoms. The van der Waals surface area contributed by atoms with Crippen molar-refractivity contribution < 1.29 is 10.2 Å². The maximum Gasteiger partial charge on any atom is 0.0955 e. The molecule has 78 valence electrons. The highest BCUT2D eigenvalue weighted by Crippen LogP contribution is 2.45. The summed E-state index contributed by atoms with van der Waals surface area (Å²) >= 11 is 0. The lowest BCUT2D eigenvalue weighted by Crippen LogP contribution is -2.52. The van der Waals surface area contributed by atoms with Gasteiger partial charge in [-0.1, -0.05) is 20.3 Å². The Labute approximate surface area is 81.0 Å². The molecule has 1 saturated carbocycles. The molecule has 0 radical (unpaired) electrons. The van der Waals surface area contributed by atoms with Crippen LogP contribution in [0.5, 0.6) is 0 Å². The van der Waals surface area contributed by atoms with Crippen LogP contribution in [0.15, 0.2) is 0 Å². The van der Waals surface area contributed by atoms with Gasteiger partial charge in [0, 0.05) is 0 Å². The molecule has 1 unspecified atom stereocenters. The second-order valence-electron chi connectivity index (χ2n) is 4.74. The minimum Gasteiger partial charge on any atom is -0.387 e. The lowest BCUT2D eigenvalue weighted by molar-refractivity contribution is -0.149. The minimum absolute atomic E-state index is 0.204. The molecule has 0 aromatic heterocycles. The van der Waals surface area contributed by atoms with Crippen molar-refractivity contribution >= 4 is 0 Å². The summed E-state index contributed by atoms with van der Waals surface area (Å²) < 4.78 is 0. The third-order valence-corrected chi connectivity index (χ3v) is 3.69. The third-order valence-electron chi connectivity index (χ3n) is 3.69. The fourth-order valence-electron chi connectivity index (χ4n) is 2.64. The predicted molar refractivity (Wildman–Crippen MR) is 53.5 cm³/mol. The molecule has 0 heterocycles. The van der Waals surface area contributed by atoms with E-state index >= 15 is 0 Å². The van der Waals surface area contributed by atoms with Crippen molar-refractivity contribution in [1.82, 2.24) is 0 Å². The molecule has 2 nitrogen and oxygen atoms in total. The molecule has 0 aromatic rings. The normalized spacial score (nSPS) is 42.2. The molecule has 1 fully saturated rings. The van der Waals surface area contributed by atoms with E-state index in [1.807, 2.05) is 6.92 Å². The Balaban J connectivity index is 2.74. The lowest BCUT2D eigenvalue weighted by atomic mass is 9.76. The molecule has 0 amide bonds. The Morgan fingerprint density at radius 2 is 1.92 bits per heavy atom. The van der Waals surface area contributed by atoms with E-state index in [4.69, 9.17) is 0 Å². The molecule has 1 aliphatic rings. The summed E-state index contributed by atoms with van der Waals surface area (Å²) in [6.45, 7) is 5.93. The SMILES string of the molecule is CCCC(C)[C@]1(O)CCC[C@@]1(C)O. The number of hydrogen-bond donors (Lipinski definition) is 2. The third kappa shape index (κ3) is 1.75. The van der Waals surface area contributed by atoms with Crippen LogP contribution in [0.4, 0.5) is 0 Å². The Hall–Kier alpha value is -0.0800. The first-order valence-corrected chi connectivity index (χ1v) is 5.39. The van der Waals surface area contributed by atoms with E-state index in [0.717, 1.165) is 32.1 Å². The molecule has 1 aliphatic carbocycles. The molecule has 2 N–H and O–H groups in total. The van der Waals surface area contributed by atoms with Gasteiger partial charge < -0.3 is 10.2 Å². The first kappa shape index (κ1) is 11.0. The Bertz CT molecular complexity index is 177. The van der Waals surface area contributed by atoms with Crippen LogP contribution < -0.4 is 0 Å². The van der Waals surface area contributed by atoms with Crippen molar-refractivity contribution in [3.8, 4) is 0 Å². The quantitative estimate of drug-likeness (QED) is 0.708. The van der Waals surface area contributed by atoms with E-state index in [9.17, 15) is 10.2 Å². The monoisotopic (exact) mass is 186 g/mol. The van der Waals surface area contributed by atoms with Gasteiger partial charge in [-0.3, -0.25) is 0 Å². The van der Waals surface area contributed by atoms with E-state index in [0.29, 0.717) is 0 Å². The zero-order valence-electron chi connectivity index (χ0n) is 9.01. The highest BCUT2D eigenvalue weighted by Gasteiger charge is 2.52. The Kier molecular flexibility index (Phi) is 3.03. The predicted octanol–water partition coefficient (Wildman–Crippen LogP) is 2.09. The van der Waals surface area contributed by atoms with Crippen LogP contribution in [-0.2, 0) is 0 Å². The van der Waals surface area contributed by atoms with Gasteiger partial charge in [0.2, 0.25) is 0 Å². The summed E-state index contributed by atoms with van der Waals surface area (Å²) in [5.41, 5.74) is -1.72. The zero-order valence-corrected chi connectivity index (χ0v) is 9.01. The summed E-state index contributed by atoms with van der Waals surface area (Å²) in [7, 11) is 0. The molecule has 0 saturated heterocycles. The van der Waals surface area contributed by atoms with Gasteiger partial charge in [0.25, 0.3) is 0 Å². The van der Waals surface area contributed by atoms with Crippen LogP contribution in [0, 0.1) is 5.92 Å². The molecule has 0 aliphatic heterocycles. The Morgan fingerprint density at radius 1 is 1.31 bits per heavy atom. The average Bonchev–Trinajstić information content (AvgIpc) is 2.28. The van der Waals surface area contributed by atoms with Gasteiger partial charge in [-0.05, 0) is 38.5 Å². The Morgan fingerprint density at radius 3 is 2.31 bits per heavy atom. The van der Waals surface area contributed by atoms with Gasteiger partial charge in [0.05, 0.1) is 11.2 Å². The summed E-state index contributed by atoms with van der Waals surface area (Å²) in [5.74, 6) is 0.204. The molecule has 0 aromatic carbocycles. The second kappa shape index (κ2) is 3.58. The van der Waals surface area contributed by atoms with E-state index in [1.54, 1.807) is 6.92 Å². The van der Waals surface area contributed by atoms with Gasteiger partial charge in [0.1, 0.15) is 0 Å². The maximum absolute atomic E-state index is 10.4. The molecular formula is C11H22O2. The van der Waals surface area contributed by atoms with Crippen molar-refractivity contribution in [1.29, 1.82) is 0 Å². The molecule has 0 spiro atoms. The van der Waals surface area contributed by atoms with Gasteiger partial charge in [0.15, 0.2) is 0 Å². The summed E-state index contributed by atoms with van der Waals surface area (Å²) in [6.07, 6.45) is 4.49. The first-order valence-electron chi connectivity index (χ1n) is 5.39. The van der Waals surface area contributed by atoms with E-state index < -0.39 is 11.2 Å². The number of rotatable bonds is 3. The maximum atomic E-state index is 10.4. The van der Waals surface area contributed by atoms with Crippen molar-refractivity contribution in [2.45, 2.75) is 64.1 Å². The minimum atomic E-state index is -0.873. The number of hydrogen-bond acceptors (Lipinski definition) is 2. The van der Waals surface area contributed by atoms with E-state index in [-0.39, 0.29) is 5.92 Å². The summed E-state index contributed by atoms with van der Waals surface area (Å²) in [4.78, 5) is 0. The fourth-order valence-corrected chi connectivity index (χ4v) is 2.64. The van der Waals surface area contributed by atoms with E-state index in [1.165, 1.54) is 0 Å². The average molecular weight is 186 g/mol. The standard InChI is InChI=1S/C11H22O2/c1-4-6-9(2)11(13)8-5-7-10(11,3)12/h9,12-13H,4-8H2,1-3H3/t9?,10-,11-/m1/s1. The molecule has 0 bridgehead atoms. The van der Waals surface area contributed by atoms with Gasteiger partial charge in [-0.2, -0.15) is 0 Å². The lowest BCUT2D eigenvalue weighted by Gasteiger charge is -2.40. The van der Waals surface area contributed by atoms with Crippen LogP contribution in [0.3, 0.4) is 0 Å². The molecule has 2 heteroatoms. The van der Waals surface area contributed by atoms with Crippen LogP contribution in [0.25, 0.3) is 0 Å². The fraction of sp³-hybridized carbons (Fsp3) is 1.00. The molecule has 3 atom stereocenters. The van der Waals surface area contributed by atoms with Crippen molar-refractivity contribution in [3.63, 3.8) is 0 Å². The van der Waals surface area contributed by atoms with Gasteiger partial charge >= 0.3 is 0 Å². The smallest absolute Gasteiger partial charge is 0.0955 e. The van der Waals surface area contributed by atoms with Crippen LogP contribution in [0.2, 0.25) is 0 Å². The summed E-state index contributed by atoms with van der Waals surface area (Å²) in [5, 5.41) is 20.4. The number of aliphatic hydroxyl groups is 2. The van der Waals surface area contributed by atoms with Crippen molar-refractivity contribution in [3.05, 3.63) is 0 Å². The van der Waals surface area contributed by atoms with Crippen molar-refractivity contribution in [2.75, 3.05) is 0 Å².